The average molecular weight is 457 g/mol. The molecule has 0 aromatic rings. The van der Waals surface area contributed by atoms with E-state index in [4.69, 9.17) is 4.74 Å². The first-order valence-corrected chi connectivity index (χ1v) is 13.8. The summed E-state index contributed by atoms with van der Waals surface area (Å²) in [6.07, 6.45) is 13.9. The van der Waals surface area contributed by atoms with Gasteiger partial charge in [0.25, 0.3) is 0 Å². The van der Waals surface area contributed by atoms with Crippen molar-refractivity contribution in [3.05, 3.63) is 11.6 Å². The van der Waals surface area contributed by atoms with Crippen molar-refractivity contribution < 1.29 is 14.6 Å². The summed E-state index contributed by atoms with van der Waals surface area (Å²) in [4.78, 5) is 12.8. The van der Waals surface area contributed by atoms with E-state index in [1.54, 1.807) is 5.57 Å². The Kier molecular flexibility index (Phi) is 5.31. The van der Waals surface area contributed by atoms with Crippen molar-refractivity contribution in [3.8, 4) is 0 Å². The number of hydrogen-bond donors (Lipinski definition) is 1. The van der Waals surface area contributed by atoms with Crippen molar-refractivity contribution in [1.29, 1.82) is 0 Å². The van der Waals surface area contributed by atoms with Crippen LogP contribution < -0.4 is 0 Å². The summed E-state index contributed by atoms with van der Waals surface area (Å²) in [5.41, 5.74) is 3.25. The molecule has 4 saturated carbocycles. The molecule has 0 heterocycles. The molecule has 3 nitrogen and oxygen atoms in total. The van der Waals surface area contributed by atoms with Gasteiger partial charge in [0.15, 0.2) is 0 Å². The van der Waals surface area contributed by atoms with Gasteiger partial charge in [0, 0.05) is 0 Å². The van der Waals surface area contributed by atoms with Gasteiger partial charge in [-0.2, -0.15) is 0 Å². The fourth-order valence-electron chi connectivity index (χ4n) is 10.6. The zero-order valence-corrected chi connectivity index (χ0v) is 22.3. The largest absolute Gasteiger partial charge is 0.469 e. The van der Waals surface area contributed by atoms with Crippen LogP contribution in [0.5, 0.6) is 0 Å². The molecule has 0 saturated heterocycles. The summed E-state index contributed by atoms with van der Waals surface area (Å²) in [6, 6.07) is 0. The monoisotopic (exact) mass is 456 g/mol. The van der Waals surface area contributed by atoms with E-state index in [2.05, 4.69) is 47.6 Å². The Morgan fingerprint density at radius 1 is 0.909 bits per heavy atom. The van der Waals surface area contributed by atoms with Crippen LogP contribution >= 0.6 is 0 Å². The third-order valence-corrected chi connectivity index (χ3v) is 12.8. The topological polar surface area (TPSA) is 46.5 Å². The van der Waals surface area contributed by atoms with E-state index >= 15 is 0 Å². The number of hydrogen-bond acceptors (Lipinski definition) is 3. The third-order valence-electron chi connectivity index (χ3n) is 12.8. The van der Waals surface area contributed by atoms with Gasteiger partial charge in [-0.1, -0.05) is 53.2 Å². The Balaban J connectivity index is 1.53. The molecule has 33 heavy (non-hydrogen) atoms. The van der Waals surface area contributed by atoms with Crippen molar-refractivity contribution >= 4 is 5.97 Å². The van der Waals surface area contributed by atoms with Gasteiger partial charge in [-0.15, -0.1) is 0 Å². The highest BCUT2D eigenvalue weighted by Gasteiger charge is 2.69. The summed E-state index contributed by atoms with van der Waals surface area (Å²) in [7, 11) is 1.48. The van der Waals surface area contributed by atoms with E-state index in [1.165, 1.54) is 52.1 Å². The van der Waals surface area contributed by atoms with Crippen LogP contribution in [0.2, 0.25) is 0 Å². The third kappa shape index (κ3) is 3.06. The first kappa shape index (κ1) is 23.9. The van der Waals surface area contributed by atoms with Crippen molar-refractivity contribution in [1.82, 2.24) is 0 Å². The van der Waals surface area contributed by atoms with Crippen LogP contribution in [-0.4, -0.2) is 24.3 Å². The summed E-state index contributed by atoms with van der Waals surface area (Å²) in [5, 5.41) is 10.8. The normalized spacial score (nSPS) is 53.0. The van der Waals surface area contributed by atoms with Gasteiger partial charge in [-0.3, -0.25) is 4.79 Å². The van der Waals surface area contributed by atoms with Crippen LogP contribution in [0.25, 0.3) is 0 Å². The van der Waals surface area contributed by atoms with E-state index in [1.807, 2.05) is 0 Å². The number of methoxy groups -OCH3 is 1. The van der Waals surface area contributed by atoms with Gasteiger partial charge in [0.05, 0.1) is 19.1 Å². The number of carbonyl (C=O) groups is 1. The second kappa shape index (κ2) is 7.34. The van der Waals surface area contributed by atoms with E-state index in [9.17, 15) is 9.90 Å². The van der Waals surface area contributed by atoms with Crippen molar-refractivity contribution in [2.45, 2.75) is 112 Å². The Hall–Kier alpha value is -0.830. The molecule has 0 unspecified atom stereocenters. The number of allylic oxidation sites excluding steroid dienone is 2. The number of carbonyl (C=O) groups excluding carboxylic acids is 1. The lowest BCUT2D eigenvalue weighted by atomic mass is 9.32. The number of ether oxygens (including phenoxy) is 1. The molecule has 1 N–H and O–H groups in total. The van der Waals surface area contributed by atoms with Crippen LogP contribution in [0.1, 0.15) is 106 Å². The van der Waals surface area contributed by atoms with Crippen LogP contribution in [0.4, 0.5) is 0 Å². The summed E-state index contributed by atoms with van der Waals surface area (Å²) >= 11 is 0. The molecule has 0 amide bonds. The maximum atomic E-state index is 12.8. The lowest BCUT2D eigenvalue weighted by Crippen LogP contribution is -2.65. The fraction of sp³-hybridized carbons (Fsp3) is 0.900. The number of fused-ring (bicyclic) bond motifs is 7. The van der Waals surface area contributed by atoms with Crippen LogP contribution in [0, 0.1) is 50.7 Å². The van der Waals surface area contributed by atoms with Gasteiger partial charge in [-0.25, -0.2) is 0 Å². The van der Waals surface area contributed by atoms with E-state index < -0.39 is 6.10 Å². The molecule has 0 aromatic heterocycles. The van der Waals surface area contributed by atoms with Gasteiger partial charge < -0.3 is 9.84 Å². The Labute approximate surface area is 202 Å². The highest BCUT2D eigenvalue weighted by molar-refractivity contribution is 5.73. The first-order valence-electron chi connectivity index (χ1n) is 13.8. The summed E-state index contributed by atoms with van der Waals surface area (Å²) in [6.45, 7) is 15.3. The molecule has 0 aromatic carbocycles. The minimum absolute atomic E-state index is 0.110. The Morgan fingerprint density at radius 3 is 2.30 bits per heavy atom. The maximum absolute atomic E-state index is 12.8. The van der Waals surface area contributed by atoms with Gasteiger partial charge >= 0.3 is 5.97 Å². The molecule has 5 rings (SSSR count). The molecule has 9 atom stereocenters. The van der Waals surface area contributed by atoms with E-state index in [-0.39, 0.29) is 28.6 Å². The molecule has 4 fully saturated rings. The maximum Gasteiger partial charge on any atom is 0.311 e. The molecule has 0 bridgehead atoms. The van der Waals surface area contributed by atoms with Crippen LogP contribution in [0.3, 0.4) is 0 Å². The number of aliphatic hydroxyl groups is 1. The lowest BCUT2D eigenvalue weighted by Gasteiger charge is -2.72. The van der Waals surface area contributed by atoms with Crippen molar-refractivity contribution in [2.24, 2.45) is 50.7 Å². The van der Waals surface area contributed by atoms with Gasteiger partial charge in [0.2, 0.25) is 0 Å². The zero-order valence-electron chi connectivity index (χ0n) is 22.3. The number of aliphatic hydroxyl groups excluding tert-OH is 1. The second-order valence-corrected chi connectivity index (χ2v) is 14.5. The smallest absolute Gasteiger partial charge is 0.311 e. The number of rotatable bonds is 1. The van der Waals surface area contributed by atoms with Crippen LogP contribution in [-0.2, 0) is 9.53 Å². The van der Waals surface area contributed by atoms with E-state index in [0.29, 0.717) is 22.2 Å². The lowest BCUT2D eigenvalue weighted by molar-refractivity contribution is -0.226. The molecule has 5 aliphatic carbocycles. The molecule has 186 valence electrons. The minimum Gasteiger partial charge on any atom is -0.469 e. The molecular formula is C30H48O3. The molecular weight excluding hydrogens is 408 g/mol. The standard InChI is InChI=1S/C30H48O3/c1-26(2)16-17-27(3)19(18-26)10-14-29(5)22(27)8-9-23-28(4)13-12-21(31)24(25(32)33-7)20(28)11-15-30(23,29)6/h10,20-24,31H,8-9,11-18H2,1-7H3/t20-,21+,22+,23+,24+,27-,28-,29+,30+/m0/s1. The summed E-state index contributed by atoms with van der Waals surface area (Å²) < 4.78 is 5.20. The molecule has 5 aliphatic rings. The quantitative estimate of drug-likeness (QED) is 0.344. The SMILES string of the molecule is COC(=O)[C@H]1[C@H](O)CC[C@]2(C)[C@H]3CC[C@@H]4[C@@]5(C)CCC(C)(C)CC5=CC[C@@]4(C)[C@]3(C)CC[C@@H]12. The van der Waals surface area contributed by atoms with Crippen molar-refractivity contribution in [3.63, 3.8) is 0 Å². The Bertz CT molecular complexity index is 859. The van der Waals surface area contributed by atoms with E-state index in [0.717, 1.165) is 25.2 Å². The predicted octanol–water partition coefficient (Wildman–Crippen LogP) is 6.93. The average Bonchev–Trinajstić information content (AvgIpc) is 2.75. The summed E-state index contributed by atoms with van der Waals surface area (Å²) in [5.74, 6) is 1.08. The highest BCUT2D eigenvalue weighted by Crippen LogP contribution is 2.75. The molecule has 0 aliphatic heterocycles. The van der Waals surface area contributed by atoms with Gasteiger partial charge in [0.1, 0.15) is 0 Å². The van der Waals surface area contributed by atoms with Gasteiger partial charge in [-0.05, 0) is 109 Å². The molecule has 0 radical (unpaired) electrons. The highest BCUT2D eigenvalue weighted by atomic mass is 16.5. The van der Waals surface area contributed by atoms with Crippen molar-refractivity contribution in [2.75, 3.05) is 7.11 Å². The Morgan fingerprint density at radius 2 is 1.61 bits per heavy atom. The second-order valence-electron chi connectivity index (χ2n) is 14.5. The predicted molar refractivity (Wildman–Crippen MR) is 132 cm³/mol. The zero-order chi connectivity index (χ0) is 24.0. The molecule has 0 spiro atoms. The minimum atomic E-state index is -0.545. The molecule has 3 heteroatoms. The fourth-order valence-corrected chi connectivity index (χ4v) is 10.6. The first-order chi connectivity index (χ1) is 15.3. The van der Waals surface area contributed by atoms with Crippen LogP contribution in [0.15, 0.2) is 11.6 Å². The number of esters is 1.